The molecule has 2 aromatic heterocycles. The lowest BCUT2D eigenvalue weighted by Crippen LogP contribution is -2.12. The van der Waals surface area contributed by atoms with Gasteiger partial charge in [-0.1, -0.05) is 18.2 Å². The Morgan fingerprint density at radius 1 is 1.18 bits per heavy atom. The zero-order chi connectivity index (χ0) is 11.7. The van der Waals surface area contributed by atoms with Crippen molar-refractivity contribution in [3.63, 3.8) is 0 Å². The molecule has 2 N–H and O–H groups in total. The van der Waals surface area contributed by atoms with E-state index in [0.717, 1.165) is 11.0 Å². The smallest absolute Gasteiger partial charge is 0.134 e. The highest BCUT2D eigenvalue weighted by atomic mass is 16.3. The van der Waals surface area contributed by atoms with Gasteiger partial charge in [0.1, 0.15) is 17.4 Å². The van der Waals surface area contributed by atoms with Gasteiger partial charge in [0, 0.05) is 17.8 Å². The van der Waals surface area contributed by atoms with Crippen molar-refractivity contribution in [3.05, 3.63) is 60.4 Å². The van der Waals surface area contributed by atoms with E-state index in [9.17, 15) is 0 Å². The standard InChI is InChI=1S/C13H11N3O/c14-13(10-8-15-5-6-16-10)12-7-9-3-1-2-4-11(9)17-12/h1-8,13H,14H2. The second kappa shape index (κ2) is 3.99. The lowest BCUT2D eigenvalue weighted by atomic mass is 10.1. The van der Waals surface area contributed by atoms with Gasteiger partial charge in [-0.05, 0) is 12.1 Å². The lowest BCUT2D eigenvalue weighted by molar-refractivity contribution is 0.520. The van der Waals surface area contributed by atoms with Gasteiger partial charge < -0.3 is 10.2 Å². The third-order valence-electron chi connectivity index (χ3n) is 2.65. The SMILES string of the molecule is NC(c1cnccn1)c1cc2ccccc2o1. The molecule has 0 aliphatic heterocycles. The van der Waals surface area contributed by atoms with Crippen molar-refractivity contribution in [2.24, 2.45) is 5.73 Å². The predicted octanol–water partition coefficient (Wildman–Crippen LogP) is 2.27. The molecule has 84 valence electrons. The summed E-state index contributed by atoms with van der Waals surface area (Å²) in [5, 5.41) is 1.04. The Bertz CT molecular complexity index is 600. The number of nitrogens with two attached hydrogens (primary N) is 1. The topological polar surface area (TPSA) is 64.9 Å². The number of furan rings is 1. The number of para-hydroxylation sites is 1. The fourth-order valence-corrected chi connectivity index (χ4v) is 1.77. The average molecular weight is 225 g/mol. The van der Waals surface area contributed by atoms with Crippen LogP contribution in [0.4, 0.5) is 0 Å². The van der Waals surface area contributed by atoms with E-state index < -0.39 is 0 Å². The van der Waals surface area contributed by atoms with Gasteiger partial charge >= 0.3 is 0 Å². The molecule has 0 aliphatic rings. The number of hydrogen-bond acceptors (Lipinski definition) is 4. The summed E-state index contributed by atoms with van der Waals surface area (Å²) in [6, 6.07) is 9.37. The summed E-state index contributed by atoms with van der Waals surface area (Å²) < 4.78 is 5.69. The average Bonchev–Trinajstić information content (AvgIpc) is 2.82. The van der Waals surface area contributed by atoms with Crippen LogP contribution in [0.1, 0.15) is 17.5 Å². The number of benzene rings is 1. The molecular formula is C13H11N3O. The van der Waals surface area contributed by atoms with Crippen molar-refractivity contribution in [2.45, 2.75) is 6.04 Å². The Balaban J connectivity index is 2.04. The van der Waals surface area contributed by atoms with E-state index in [4.69, 9.17) is 10.2 Å². The molecule has 0 spiro atoms. The van der Waals surface area contributed by atoms with E-state index in [1.807, 2.05) is 30.3 Å². The van der Waals surface area contributed by atoms with E-state index in [1.54, 1.807) is 18.6 Å². The molecule has 0 fully saturated rings. The normalized spacial score (nSPS) is 12.8. The Labute approximate surface area is 98.1 Å². The second-order valence-corrected chi connectivity index (χ2v) is 3.79. The Hall–Kier alpha value is -2.20. The fraction of sp³-hybridized carbons (Fsp3) is 0.0769. The summed E-state index contributed by atoms with van der Waals surface area (Å²) >= 11 is 0. The molecule has 4 nitrogen and oxygen atoms in total. The van der Waals surface area contributed by atoms with Crippen LogP contribution in [0.2, 0.25) is 0 Å². The Morgan fingerprint density at radius 2 is 2.06 bits per heavy atom. The highest BCUT2D eigenvalue weighted by molar-refractivity contribution is 5.77. The van der Waals surface area contributed by atoms with Crippen LogP contribution in [-0.2, 0) is 0 Å². The van der Waals surface area contributed by atoms with Gasteiger partial charge in [-0.15, -0.1) is 0 Å². The minimum absolute atomic E-state index is 0.379. The van der Waals surface area contributed by atoms with Gasteiger partial charge in [0.15, 0.2) is 0 Å². The first-order valence-electron chi connectivity index (χ1n) is 5.34. The van der Waals surface area contributed by atoms with E-state index in [2.05, 4.69) is 9.97 Å². The maximum Gasteiger partial charge on any atom is 0.134 e. The van der Waals surface area contributed by atoms with Crippen molar-refractivity contribution < 1.29 is 4.42 Å². The molecule has 1 unspecified atom stereocenters. The zero-order valence-corrected chi connectivity index (χ0v) is 9.08. The zero-order valence-electron chi connectivity index (χ0n) is 9.08. The van der Waals surface area contributed by atoms with Crippen molar-refractivity contribution in [1.29, 1.82) is 0 Å². The summed E-state index contributed by atoms with van der Waals surface area (Å²) in [5.74, 6) is 0.701. The first-order valence-corrected chi connectivity index (χ1v) is 5.34. The number of aromatic nitrogens is 2. The van der Waals surface area contributed by atoms with Gasteiger partial charge in [0.05, 0.1) is 11.9 Å². The summed E-state index contributed by atoms with van der Waals surface area (Å²) in [7, 11) is 0. The maximum atomic E-state index is 6.08. The van der Waals surface area contributed by atoms with Crippen LogP contribution >= 0.6 is 0 Å². The molecule has 0 saturated heterocycles. The molecule has 17 heavy (non-hydrogen) atoms. The van der Waals surface area contributed by atoms with Gasteiger partial charge in [-0.25, -0.2) is 0 Å². The third-order valence-corrected chi connectivity index (χ3v) is 2.65. The first-order chi connectivity index (χ1) is 8.34. The van der Waals surface area contributed by atoms with Crippen LogP contribution < -0.4 is 5.73 Å². The molecule has 3 rings (SSSR count). The molecular weight excluding hydrogens is 214 g/mol. The molecule has 0 radical (unpaired) electrons. The second-order valence-electron chi connectivity index (χ2n) is 3.79. The van der Waals surface area contributed by atoms with Gasteiger partial charge in [0.25, 0.3) is 0 Å². The molecule has 0 amide bonds. The predicted molar refractivity (Wildman–Crippen MR) is 64.3 cm³/mol. The number of rotatable bonds is 2. The van der Waals surface area contributed by atoms with Crippen LogP contribution in [0.3, 0.4) is 0 Å². The Kier molecular flexibility index (Phi) is 2.34. The van der Waals surface area contributed by atoms with E-state index in [0.29, 0.717) is 11.5 Å². The minimum Gasteiger partial charge on any atom is -0.459 e. The molecule has 0 saturated carbocycles. The molecule has 0 bridgehead atoms. The molecule has 0 aliphatic carbocycles. The molecule has 3 aromatic rings. The minimum atomic E-state index is -0.379. The van der Waals surface area contributed by atoms with Crippen LogP contribution in [0, 0.1) is 0 Å². The Morgan fingerprint density at radius 3 is 2.82 bits per heavy atom. The number of hydrogen-bond donors (Lipinski definition) is 1. The van der Waals surface area contributed by atoms with Crippen LogP contribution in [0.15, 0.2) is 53.3 Å². The summed E-state index contributed by atoms with van der Waals surface area (Å²) in [6.07, 6.45) is 4.89. The maximum absolute atomic E-state index is 6.08. The van der Waals surface area contributed by atoms with Gasteiger partial charge in [-0.3, -0.25) is 9.97 Å². The molecule has 2 heterocycles. The highest BCUT2D eigenvalue weighted by Gasteiger charge is 2.15. The van der Waals surface area contributed by atoms with Crippen molar-refractivity contribution >= 4 is 11.0 Å². The molecule has 4 heteroatoms. The van der Waals surface area contributed by atoms with Gasteiger partial charge in [0.2, 0.25) is 0 Å². The molecule has 1 atom stereocenters. The number of fused-ring (bicyclic) bond motifs is 1. The third kappa shape index (κ3) is 1.79. The van der Waals surface area contributed by atoms with Gasteiger partial charge in [-0.2, -0.15) is 0 Å². The largest absolute Gasteiger partial charge is 0.459 e. The van der Waals surface area contributed by atoms with Crippen LogP contribution in [0.25, 0.3) is 11.0 Å². The quantitative estimate of drug-likeness (QED) is 0.726. The lowest BCUT2D eigenvalue weighted by Gasteiger charge is -2.06. The molecule has 1 aromatic carbocycles. The first kappa shape index (κ1) is 9.99. The van der Waals surface area contributed by atoms with Crippen LogP contribution in [0.5, 0.6) is 0 Å². The van der Waals surface area contributed by atoms with E-state index >= 15 is 0 Å². The summed E-state index contributed by atoms with van der Waals surface area (Å²) in [6.45, 7) is 0. The number of nitrogens with zero attached hydrogens (tertiary/aromatic N) is 2. The summed E-state index contributed by atoms with van der Waals surface area (Å²) in [4.78, 5) is 8.18. The van der Waals surface area contributed by atoms with Crippen LogP contribution in [-0.4, -0.2) is 9.97 Å². The van der Waals surface area contributed by atoms with Crippen molar-refractivity contribution in [3.8, 4) is 0 Å². The monoisotopic (exact) mass is 225 g/mol. The van der Waals surface area contributed by atoms with E-state index in [-0.39, 0.29) is 6.04 Å². The summed E-state index contributed by atoms with van der Waals surface area (Å²) in [5.41, 5.74) is 7.62. The highest BCUT2D eigenvalue weighted by Crippen LogP contribution is 2.25. The van der Waals surface area contributed by atoms with Crippen molar-refractivity contribution in [2.75, 3.05) is 0 Å². The fourth-order valence-electron chi connectivity index (χ4n) is 1.77. The van der Waals surface area contributed by atoms with Crippen molar-refractivity contribution in [1.82, 2.24) is 9.97 Å². The van der Waals surface area contributed by atoms with E-state index in [1.165, 1.54) is 0 Å².